The van der Waals surface area contributed by atoms with E-state index in [-0.39, 0.29) is 58.9 Å². The molecule has 2 saturated heterocycles. The summed E-state index contributed by atoms with van der Waals surface area (Å²) < 4.78 is 35.3. The van der Waals surface area contributed by atoms with Crippen molar-refractivity contribution in [2.75, 3.05) is 27.4 Å². The summed E-state index contributed by atoms with van der Waals surface area (Å²) in [6.45, 7) is 10.3. The van der Waals surface area contributed by atoms with Crippen LogP contribution in [0.4, 0.5) is 0 Å². The molecule has 13 heteroatoms. The molecule has 13 nitrogen and oxygen atoms in total. The SMILES string of the molecule is CO[C@H]1[C@H](O[C@H]2[C@H](O[C@@H](/C=C/[C@@H](C)[C@H]3C[C@@H](O)[C@H]4[C@@H]5CC(O)C6[C@@H](O)[C@@H](O)CC[C@]6(C)[C@H]5CC[C@@]43C)C(C)C)O[C@H](CO)[C@@H]2O)OC[C@@H](OC)[C@@H]1O. The van der Waals surface area contributed by atoms with E-state index in [1.165, 1.54) is 14.2 Å². The van der Waals surface area contributed by atoms with E-state index in [2.05, 4.69) is 26.8 Å². The molecular weight excluding hydrogens is 676 g/mol. The van der Waals surface area contributed by atoms with Crippen LogP contribution in [0.15, 0.2) is 12.2 Å². The van der Waals surface area contributed by atoms with Gasteiger partial charge in [0.05, 0.1) is 43.7 Å². The van der Waals surface area contributed by atoms with Crippen LogP contribution < -0.4 is 0 Å². The Hall–Kier alpha value is -0.780. The number of fused-ring (bicyclic) bond motifs is 5. The number of hydrogen-bond donors (Lipinski definition) is 7. The Morgan fingerprint density at radius 2 is 1.46 bits per heavy atom. The topological polar surface area (TPSA) is 197 Å². The molecule has 0 amide bonds. The van der Waals surface area contributed by atoms with Gasteiger partial charge in [0.25, 0.3) is 0 Å². The van der Waals surface area contributed by atoms with Gasteiger partial charge in [-0.25, -0.2) is 0 Å². The Morgan fingerprint density at radius 3 is 2.12 bits per heavy atom. The Balaban J connectivity index is 1.15. The molecule has 0 aromatic carbocycles. The van der Waals surface area contributed by atoms with Crippen molar-refractivity contribution < 1.29 is 64.2 Å². The zero-order chi connectivity index (χ0) is 37.9. The largest absolute Gasteiger partial charge is 0.394 e. The minimum Gasteiger partial charge on any atom is -0.394 e. The fourth-order valence-corrected chi connectivity index (χ4v) is 11.9. The highest BCUT2D eigenvalue weighted by Gasteiger charge is 2.66. The molecule has 300 valence electrons. The molecule has 4 aliphatic carbocycles. The summed E-state index contributed by atoms with van der Waals surface area (Å²) in [5, 5.41) is 76.4. The predicted octanol–water partition coefficient (Wildman–Crippen LogP) is 1.36. The number of ether oxygens (including phenoxy) is 6. The molecule has 6 aliphatic rings. The monoisotopic (exact) mass is 742 g/mol. The van der Waals surface area contributed by atoms with Gasteiger partial charge in [-0.15, -0.1) is 0 Å². The first-order valence-corrected chi connectivity index (χ1v) is 19.6. The van der Waals surface area contributed by atoms with Crippen LogP contribution in [0.2, 0.25) is 0 Å². The number of allylic oxidation sites excluding steroid dienone is 1. The van der Waals surface area contributed by atoms with Crippen molar-refractivity contribution in [1.82, 2.24) is 0 Å². The first kappa shape index (κ1) is 40.9. The summed E-state index contributed by atoms with van der Waals surface area (Å²) in [6, 6.07) is 0. The highest BCUT2D eigenvalue weighted by molar-refractivity contribution is 5.16. The van der Waals surface area contributed by atoms with E-state index in [0.717, 1.165) is 19.3 Å². The van der Waals surface area contributed by atoms with Crippen molar-refractivity contribution in [2.45, 2.75) is 153 Å². The zero-order valence-corrected chi connectivity index (χ0v) is 31.9. The smallest absolute Gasteiger partial charge is 0.187 e. The van der Waals surface area contributed by atoms with Crippen LogP contribution >= 0.6 is 0 Å². The van der Waals surface area contributed by atoms with Gasteiger partial charge in [0.2, 0.25) is 0 Å². The molecule has 0 aromatic rings. The number of aliphatic hydroxyl groups excluding tert-OH is 7. The molecule has 2 aliphatic heterocycles. The number of rotatable bonds is 11. The minimum absolute atomic E-state index is 0.00896. The quantitative estimate of drug-likeness (QED) is 0.150. The van der Waals surface area contributed by atoms with E-state index in [0.29, 0.717) is 19.3 Å². The predicted molar refractivity (Wildman–Crippen MR) is 187 cm³/mol. The Kier molecular flexibility index (Phi) is 12.6. The molecule has 7 N–H and O–H groups in total. The zero-order valence-electron chi connectivity index (χ0n) is 31.9. The third-order valence-corrected chi connectivity index (χ3v) is 14.7. The molecule has 0 aromatic heterocycles. The van der Waals surface area contributed by atoms with Crippen molar-refractivity contribution in [3.8, 4) is 0 Å². The second-order valence-corrected chi connectivity index (χ2v) is 17.8. The molecule has 4 saturated carbocycles. The fraction of sp³-hybridized carbons (Fsp3) is 0.949. The summed E-state index contributed by atoms with van der Waals surface area (Å²) in [7, 11) is 2.90. The van der Waals surface area contributed by atoms with E-state index in [1.54, 1.807) is 0 Å². The van der Waals surface area contributed by atoms with E-state index in [1.807, 2.05) is 19.9 Å². The van der Waals surface area contributed by atoms with Gasteiger partial charge in [-0.1, -0.05) is 46.8 Å². The molecule has 6 fully saturated rings. The maximum absolute atomic E-state index is 11.7. The van der Waals surface area contributed by atoms with Gasteiger partial charge in [0, 0.05) is 20.1 Å². The number of methoxy groups -OCH3 is 2. The van der Waals surface area contributed by atoms with E-state index in [9.17, 15) is 35.7 Å². The fourth-order valence-electron chi connectivity index (χ4n) is 11.9. The van der Waals surface area contributed by atoms with Gasteiger partial charge < -0.3 is 64.2 Å². The van der Waals surface area contributed by atoms with Crippen LogP contribution in [0, 0.1) is 52.3 Å². The number of hydrogen-bond acceptors (Lipinski definition) is 13. The van der Waals surface area contributed by atoms with Gasteiger partial charge in [-0.3, -0.25) is 0 Å². The average molecular weight is 743 g/mol. The van der Waals surface area contributed by atoms with Crippen LogP contribution in [-0.2, 0) is 28.4 Å². The minimum atomic E-state index is -1.23. The average Bonchev–Trinajstić information content (AvgIpc) is 3.55. The number of aliphatic hydroxyl groups is 7. The lowest BCUT2D eigenvalue weighted by atomic mass is 9.43. The standard InChI is InChI=1S/C39H66O13/c1-18(2)26(50-37-35(32(45)27(16-40)51-37)52-36-34(48-7)33(46)28(47-6)17-49-36)9-8-19(3)22-15-25(43)29-20-14-24(42)30-31(44)23(41)11-13-38(30,4)21(20)10-12-39(22,29)5/h8-9,18-37,40-46H,10-17H2,1-7H3/b9-8+/t19-,20-,21+,22-,23+,24?,25-,26+,27-,28-,29-,30?,31+,32+,33+,34-,35-,36+,37-,38-,39-/m1/s1. The Bertz CT molecular complexity index is 1220. The maximum atomic E-state index is 11.7. The van der Waals surface area contributed by atoms with Crippen molar-refractivity contribution in [1.29, 1.82) is 0 Å². The van der Waals surface area contributed by atoms with E-state index in [4.69, 9.17) is 28.4 Å². The van der Waals surface area contributed by atoms with Crippen LogP contribution in [-0.4, -0.2) is 143 Å². The van der Waals surface area contributed by atoms with Crippen LogP contribution in [0.3, 0.4) is 0 Å². The summed E-state index contributed by atoms with van der Waals surface area (Å²) in [4.78, 5) is 0. The van der Waals surface area contributed by atoms with Crippen molar-refractivity contribution in [3.63, 3.8) is 0 Å². The summed E-state index contributed by atoms with van der Waals surface area (Å²) in [6.07, 6.45) is -2.69. The second-order valence-electron chi connectivity index (χ2n) is 17.8. The summed E-state index contributed by atoms with van der Waals surface area (Å²) in [5.41, 5.74) is -0.440. The first-order chi connectivity index (χ1) is 24.6. The lowest BCUT2D eigenvalue weighted by Gasteiger charge is -2.63. The summed E-state index contributed by atoms with van der Waals surface area (Å²) >= 11 is 0. The molecular formula is C39H66O13. The van der Waals surface area contributed by atoms with Crippen molar-refractivity contribution >= 4 is 0 Å². The highest BCUT2D eigenvalue weighted by Crippen LogP contribution is 2.68. The molecule has 52 heavy (non-hydrogen) atoms. The third kappa shape index (κ3) is 7.07. The maximum Gasteiger partial charge on any atom is 0.187 e. The van der Waals surface area contributed by atoms with Crippen LogP contribution in [0.1, 0.15) is 73.1 Å². The highest BCUT2D eigenvalue weighted by atomic mass is 16.8. The third-order valence-electron chi connectivity index (χ3n) is 14.7. The molecule has 0 bridgehead atoms. The van der Waals surface area contributed by atoms with Crippen LogP contribution in [0.25, 0.3) is 0 Å². The molecule has 6 rings (SSSR count). The summed E-state index contributed by atoms with van der Waals surface area (Å²) in [5.74, 6) is 0.356. The Morgan fingerprint density at radius 1 is 0.769 bits per heavy atom. The van der Waals surface area contributed by atoms with Gasteiger partial charge in [-0.05, 0) is 84.9 Å². The van der Waals surface area contributed by atoms with Crippen molar-refractivity contribution in [3.05, 3.63) is 12.2 Å². The van der Waals surface area contributed by atoms with Gasteiger partial charge in [0.1, 0.15) is 36.6 Å². The molecule has 2 heterocycles. The van der Waals surface area contributed by atoms with Gasteiger partial charge >= 0.3 is 0 Å². The van der Waals surface area contributed by atoms with Crippen molar-refractivity contribution in [2.24, 2.45) is 52.3 Å². The lowest BCUT2D eigenvalue weighted by Crippen LogP contribution is -2.63. The first-order valence-electron chi connectivity index (χ1n) is 19.6. The molecule has 21 atom stereocenters. The van der Waals surface area contributed by atoms with Gasteiger partial charge in [0.15, 0.2) is 12.6 Å². The van der Waals surface area contributed by atoms with Gasteiger partial charge in [-0.2, -0.15) is 0 Å². The lowest BCUT2D eigenvalue weighted by molar-refractivity contribution is -0.311. The second kappa shape index (κ2) is 16.0. The van der Waals surface area contributed by atoms with E-state index < -0.39 is 86.3 Å². The van der Waals surface area contributed by atoms with E-state index >= 15 is 0 Å². The normalized spacial score (nSPS) is 52.0. The molecule has 0 radical (unpaired) electrons. The molecule has 2 unspecified atom stereocenters. The van der Waals surface area contributed by atoms with Crippen LogP contribution in [0.5, 0.6) is 0 Å². The molecule has 0 spiro atoms. The Labute approximate surface area is 308 Å².